The molecule has 2 aromatic rings. The zero-order chi connectivity index (χ0) is 16.1. The summed E-state index contributed by atoms with van der Waals surface area (Å²) in [6.07, 6.45) is 6.61. The molecule has 2 rings (SSSR count). The summed E-state index contributed by atoms with van der Waals surface area (Å²) in [4.78, 5) is 4.72. The lowest BCUT2D eigenvalue weighted by Gasteiger charge is -2.22. The van der Waals surface area contributed by atoms with Gasteiger partial charge in [0.1, 0.15) is 0 Å². The fraction of sp³-hybridized carbons (Fsp3) is 0.647. The number of nitrogens with two attached hydrogens (primary N) is 1. The van der Waals surface area contributed by atoms with Gasteiger partial charge in [-0.25, -0.2) is 9.67 Å². The van der Waals surface area contributed by atoms with E-state index in [1.807, 2.05) is 17.8 Å². The summed E-state index contributed by atoms with van der Waals surface area (Å²) >= 11 is 0. The van der Waals surface area contributed by atoms with E-state index in [0.717, 1.165) is 34.5 Å². The van der Waals surface area contributed by atoms with Gasteiger partial charge >= 0.3 is 0 Å². The number of aryl methyl sites for hydroxylation is 2. The molecule has 0 aliphatic carbocycles. The lowest BCUT2D eigenvalue weighted by atomic mass is 10.0. The van der Waals surface area contributed by atoms with Crippen molar-refractivity contribution in [2.75, 3.05) is 5.32 Å². The molecule has 3 N–H and O–H groups in total. The zero-order valence-corrected chi connectivity index (χ0v) is 14.3. The van der Waals surface area contributed by atoms with Gasteiger partial charge in [0.2, 0.25) is 0 Å². The molecule has 22 heavy (non-hydrogen) atoms. The summed E-state index contributed by atoms with van der Waals surface area (Å²) < 4.78 is 1.95. The number of hydrogen-bond donors (Lipinski definition) is 2. The largest absolute Gasteiger partial charge is 0.381 e. The second kappa shape index (κ2) is 7.58. The normalized spacial score (nSPS) is 11.5. The van der Waals surface area contributed by atoms with Gasteiger partial charge in [0.25, 0.3) is 0 Å². The zero-order valence-electron chi connectivity index (χ0n) is 14.3. The van der Waals surface area contributed by atoms with Gasteiger partial charge in [-0.3, -0.25) is 0 Å². The first-order valence-electron chi connectivity index (χ1n) is 8.47. The fourth-order valence-corrected chi connectivity index (χ4v) is 3.08. The van der Waals surface area contributed by atoms with Crippen LogP contribution in [0.3, 0.4) is 0 Å². The molecule has 2 heterocycles. The summed E-state index contributed by atoms with van der Waals surface area (Å²) in [5.74, 6) is 0. The first-order valence-corrected chi connectivity index (χ1v) is 8.47. The summed E-state index contributed by atoms with van der Waals surface area (Å²) in [5.41, 5.74) is 10.2. The van der Waals surface area contributed by atoms with E-state index in [1.54, 1.807) is 0 Å². The number of nitrogens with zero attached hydrogens (tertiary/aromatic N) is 3. The van der Waals surface area contributed by atoms with Crippen molar-refractivity contribution >= 4 is 16.7 Å². The maximum absolute atomic E-state index is 6.00. The Bertz CT molecular complexity index is 611. The summed E-state index contributed by atoms with van der Waals surface area (Å²) in [6.45, 7) is 9.91. The van der Waals surface area contributed by atoms with Crippen LogP contribution in [0, 0.1) is 6.92 Å². The average molecular weight is 303 g/mol. The van der Waals surface area contributed by atoms with Crippen LogP contribution in [0.5, 0.6) is 0 Å². The highest BCUT2D eigenvalue weighted by atomic mass is 15.3. The van der Waals surface area contributed by atoms with Gasteiger partial charge in [-0.1, -0.05) is 26.7 Å². The summed E-state index contributed by atoms with van der Waals surface area (Å²) in [7, 11) is 0. The van der Waals surface area contributed by atoms with Crippen LogP contribution in [-0.2, 0) is 13.1 Å². The third-order valence-corrected chi connectivity index (χ3v) is 4.22. The molecule has 5 nitrogen and oxygen atoms in total. The SMILES string of the molecule is CCCC(CCC)Nc1c(CN)c(C)nc2c1cnn2CC. The monoisotopic (exact) mass is 303 g/mol. The number of fused-ring (bicyclic) bond motifs is 1. The van der Waals surface area contributed by atoms with E-state index in [4.69, 9.17) is 10.7 Å². The van der Waals surface area contributed by atoms with Gasteiger partial charge in [-0.15, -0.1) is 0 Å². The lowest BCUT2D eigenvalue weighted by molar-refractivity contribution is 0.586. The van der Waals surface area contributed by atoms with Crippen molar-refractivity contribution in [3.63, 3.8) is 0 Å². The third-order valence-electron chi connectivity index (χ3n) is 4.22. The minimum absolute atomic E-state index is 0.482. The maximum atomic E-state index is 6.00. The van der Waals surface area contributed by atoms with Crippen LogP contribution in [0.15, 0.2) is 6.20 Å². The quantitative estimate of drug-likeness (QED) is 0.782. The Morgan fingerprint density at radius 2 is 1.91 bits per heavy atom. The highest BCUT2D eigenvalue weighted by Crippen LogP contribution is 2.30. The predicted octanol–water partition coefficient (Wildman–Crippen LogP) is 3.60. The number of rotatable bonds is 8. The molecule has 0 atom stereocenters. The smallest absolute Gasteiger partial charge is 0.160 e. The van der Waals surface area contributed by atoms with Gasteiger partial charge in [0, 0.05) is 30.4 Å². The van der Waals surface area contributed by atoms with E-state index in [0.29, 0.717) is 12.6 Å². The predicted molar refractivity (Wildman–Crippen MR) is 93.1 cm³/mol. The van der Waals surface area contributed by atoms with E-state index in [9.17, 15) is 0 Å². The Morgan fingerprint density at radius 3 is 2.45 bits per heavy atom. The molecule has 0 spiro atoms. The second-order valence-electron chi connectivity index (χ2n) is 5.87. The average Bonchev–Trinajstić information content (AvgIpc) is 2.90. The van der Waals surface area contributed by atoms with Crippen LogP contribution in [0.1, 0.15) is 57.7 Å². The van der Waals surface area contributed by atoms with Crippen molar-refractivity contribution in [2.24, 2.45) is 5.73 Å². The Morgan fingerprint density at radius 1 is 1.23 bits per heavy atom. The molecular formula is C17H29N5. The Hall–Kier alpha value is -1.62. The topological polar surface area (TPSA) is 68.8 Å². The lowest BCUT2D eigenvalue weighted by Crippen LogP contribution is -2.21. The number of nitrogens with one attached hydrogen (secondary N) is 1. The third kappa shape index (κ3) is 3.24. The Kier molecular flexibility index (Phi) is 5.77. The first-order chi connectivity index (χ1) is 10.7. The molecule has 5 heteroatoms. The molecule has 0 aromatic carbocycles. The molecule has 122 valence electrons. The highest BCUT2D eigenvalue weighted by Gasteiger charge is 2.17. The molecule has 0 amide bonds. The second-order valence-corrected chi connectivity index (χ2v) is 5.87. The minimum Gasteiger partial charge on any atom is -0.381 e. The molecular weight excluding hydrogens is 274 g/mol. The van der Waals surface area contributed by atoms with Crippen LogP contribution in [0.4, 0.5) is 5.69 Å². The molecule has 0 radical (unpaired) electrons. The van der Waals surface area contributed by atoms with E-state index in [1.165, 1.54) is 25.7 Å². The van der Waals surface area contributed by atoms with Crippen molar-refractivity contribution in [1.29, 1.82) is 0 Å². The molecule has 0 aliphatic rings. The van der Waals surface area contributed by atoms with Gasteiger partial charge in [0.05, 0.1) is 17.3 Å². The van der Waals surface area contributed by atoms with Crippen molar-refractivity contribution in [1.82, 2.24) is 14.8 Å². The van der Waals surface area contributed by atoms with E-state index in [-0.39, 0.29) is 0 Å². The van der Waals surface area contributed by atoms with E-state index < -0.39 is 0 Å². The van der Waals surface area contributed by atoms with Gasteiger partial charge in [-0.2, -0.15) is 5.10 Å². The van der Waals surface area contributed by atoms with E-state index in [2.05, 4.69) is 31.2 Å². The van der Waals surface area contributed by atoms with Crippen molar-refractivity contribution in [3.05, 3.63) is 17.5 Å². The van der Waals surface area contributed by atoms with Crippen LogP contribution in [0.25, 0.3) is 11.0 Å². The number of pyridine rings is 1. The van der Waals surface area contributed by atoms with Crippen molar-refractivity contribution in [3.8, 4) is 0 Å². The minimum atomic E-state index is 0.482. The molecule has 0 fully saturated rings. The molecule has 0 aliphatic heterocycles. The number of anilines is 1. The van der Waals surface area contributed by atoms with Crippen molar-refractivity contribution < 1.29 is 0 Å². The molecule has 0 bridgehead atoms. The molecule has 0 unspecified atom stereocenters. The van der Waals surface area contributed by atoms with Crippen LogP contribution >= 0.6 is 0 Å². The number of aromatic nitrogens is 3. The van der Waals surface area contributed by atoms with Gasteiger partial charge < -0.3 is 11.1 Å². The fourth-order valence-electron chi connectivity index (χ4n) is 3.08. The standard InChI is InChI=1S/C17H29N5/c1-5-8-13(9-6-2)21-16-14(10-18)12(4)20-17-15(16)11-19-22(17)7-3/h11,13H,5-10,18H2,1-4H3,(H,20,21). The van der Waals surface area contributed by atoms with Gasteiger partial charge in [0.15, 0.2) is 5.65 Å². The Labute approximate surface area is 133 Å². The van der Waals surface area contributed by atoms with Crippen molar-refractivity contribution in [2.45, 2.75) is 72.5 Å². The first kappa shape index (κ1) is 16.7. The van der Waals surface area contributed by atoms with Crippen LogP contribution < -0.4 is 11.1 Å². The molecule has 0 saturated heterocycles. The maximum Gasteiger partial charge on any atom is 0.160 e. The van der Waals surface area contributed by atoms with Gasteiger partial charge in [-0.05, 0) is 26.7 Å². The van der Waals surface area contributed by atoms with Crippen LogP contribution in [0.2, 0.25) is 0 Å². The molecule has 0 saturated carbocycles. The Balaban J connectivity index is 2.51. The van der Waals surface area contributed by atoms with E-state index >= 15 is 0 Å². The molecule has 2 aromatic heterocycles. The number of hydrogen-bond acceptors (Lipinski definition) is 4. The summed E-state index contributed by atoms with van der Waals surface area (Å²) in [5, 5.41) is 9.30. The highest BCUT2D eigenvalue weighted by molar-refractivity contribution is 5.91. The summed E-state index contributed by atoms with van der Waals surface area (Å²) in [6, 6.07) is 0.482. The van der Waals surface area contributed by atoms with Crippen LogP contribution in [-0.4, -0.2) is 20.8 Å².